The fourth-order valence-corrected chi connectivity index (χ4v) is 8.56. The van der Waals surface area contributed by atoms with E-state index in [2.05, 4.69) is 12.1 Å². The van der Waals surface area contributed by atoms with E-state index in [-0.39, 0.29) is 40.8 Å². The minimum atomic E-state index is -1.09. The van der Waals surface area contributed by atoms with Gasteiger partial charge in [-0.25, -0.2) is 17.6 Å². The molecule has 0 unspecified atom stereocenters. The van der Waals surface area contributed by atoms with Crippen molar-refractivity contribution in [2.75, 3.05) is 22.9 Å². The predicted octanol–water partition coefficient (Wildman–Crippen LogP) is 9.93. The molecule has 0 radical (unpaired) electrons. The highest BCUT2D eigenvalue weighted by Gasteiger charge is 2.43. The Morgan fingerprint density at radius 2 is 1.22 bits per heavy atom. The summed E-state index contributed by atoms with van der Waals surface area (Å²) in [5.74, 6) is -3.62. The first-order chi connectivity index (χ1) is 23.4. The van der Waals surface area contributed by atoms with Crippen LogP contribution in [0.2, 0.25) is 10.0 Å². The summed E-state index contributed by atoms with van der Waals surface area (Å²) >= 11 is 11.9. The zero-order valence-electron chi connectivity index (χ0n) is 25.8. The molecule has 7 rings (SSSR count). The highest BCUT2D eigenvalue weighted by Crippen LogP contribution is 2.51. The fourth-order valence-electron chi connectivity index (χ4n) is 8.12. The zero-order chi connectivity index (χ0) is 34.8. The van der Waals surface area contributed by atoms with E-state index in [1.165, 1.54) is 16.0 Å². The fraction of sp³-hybridized carbons (Fsp3) is 0.314. The molecule has 8 nitrogen and oxygen atoms in total. The van der Waals surface area contributed by atoms with Crippen molar-refractivity contribution in [3.63, 3.8) is 0 Å². The minimum Gasteiger partial charge on any atom is -0.367 e. The summed E-state index contributed by atoms with van der Waals surface area (Å²) in [6, 6.07) is 11.7. The third-order valence-electron chi connectivity index (χ3n) is 10.4. The molecule has 1 spiro atoms. The second-order valence-electron chi connectivity index (χ2n) is 12.9. The third-order valence-corrected chi connectivity index (χ3v) is 11.0. The number of piperidine rings is 1. The van der Waals surface area contributed by atoms with Crippen molar-refractivity contribution in [3.8, 4) is 0 Å². The second-order valence-corrected chi connectivity index (χ2v) is 13.7. The van der Waals surface area contributed by atoms with Gasteiger partial charge in [-0.05, 0) is 79.3 Å². The van der Waals surface area contributed by atoms with Crippen molar-refractivity contribution >= 4 is 46.0 Å². The van der Waals surface area contributed by atoms with Gasteiger partial charge in [-0.3, -0.25) is 20.2 Å². The second kappa shape index (κ2) is 12.5. The zero-order valence-corrected chi connectivity index (χ0v) is 27.3. The molecular formula is C35H28Cl2F4N4O4. The molecule has 1 aliphatic carbocycles. The molecule has 2 aliphatic heterocycles. The van der Waals surface area contributed by atoms with Gasteiger partial charge in [0.05, 0.1) is 21.9 Å². The van der Waals surface area contributed by atoms with Crippen LogP contribution in [0, 0.1) is 43.5 Å². The number of nitro groups is 2. The minimum absolute atomic E-state index is 0.0491. The van der Waals surface area contributed by atoms with Crippen molar-refractivity contribution in [3.05, 3.63) is 136 Å². The van der Waals surface area contributed by atoms with Crippen LogP contribution in [0.15, 0.2) is 60.7 Å². The smallest absolute Gasteiger partial charge is 0.288 e. The molecule has 3 aliphatic rings. The molecule has 0 bridgehead atoms. The lowest BCUT2D eigenvalue weighted by atomic mass is 9.74. The Hall–Kier alpha value is -4.42. The van der Waals surface area contributed by atoms with Crippen LogP contribution in [0.3, 0.4) is 0 Å². The number of anilines is 2. The molecule has 4 aromatic carbocycles. The molecule has 4 aromatic rings. The van der Waals surface area contributed by atoms with Crippen LogP contribution in [0.1, 0.15) is 66.4 Å². The Kier molecular flexibility index (Phi) is 8.43. The average Bonchev–Trinajstić information content (AvgIpc) is 3.64. The summed E-state index contributed by atoms with van der Waals surface area (Å²) in [4.78, 5) is 24.8. The maximum absolute atomic E-state index is 16.1. The SMILES string of the molecule is O=[N+]([O-])c1cc([C@H]2CC[C@H](c3cc([N+](=O)[O-])c(Cl)cc3F)N2c2cc(F)c(N3CCC4(CCc5ccccc54)CC3)c(F)c2)c(F)cc1Cl. The van der Waals surface area contributed by atoms with Crippen LogP contribution in [-0.4, -0.2) is 22.9 Å². The maximum atomic E-state index is 16.1. The topological polar surface area (TPSA) is 92.8 Å². The largest absolute Gasteiger partial charge is 0.367 e. The quantitative estimate of drug-likeness (QED) is 0.112. The van der Waals surface area contributed by atoms with Gasteiger partial charge in [-0.15, -0.1) is 0 Å². The van der Waals surface area contributed by atoms with E-state index >= 15 is 17.6 Å². The molecule has 0 aromatic heterocycles. The summed E-state index contributed by atoms with van der Waals surface area (Å²) in [6.07, 6.45) is 3.46. The first kappa shape index (κ1) is 33.1. The standard InChI is InChI=1S/C35H28Cl2F4N4O4/c36-24-17-26(38)21(15-32(24)44(46)47)30-5-6-31(22-16-33(45(48)49)25(37)18-27(22)39)43(30)20-13-28(40)34(29(41)14-20)42-11-9-35(10-12-42)8-7-19-3-1-2-4-23(19)35/h1-4,13-18,30-31H,5-12H2/t30-,31-/m1/s1. The van der Waals surface area contributed by atoms with Gasteiger partial charge in [0, 0.05) is 42.0 Å². The van der Waals surface area contributed by atoms with Crippen molar-refractivity contribution in [2.24, 2.45) is 0 Å². The van der Waals surface area contributed by atoms with Crippen LogP contribution >= 0.6 is 23.2 Å². The molecule has 49 heavy (non-hydrogen) atoms. The average molecular weight is 716 g/mol. The lowest BCUT2D eigenvalue weighted by molar-refractivity contribution is -0.384. The summed E-state index contributed by atoms with van der Waals surface area (Å²) in [6.45, 7) is 0.825. The Morgan fingerprint density at radius 3 is 1.73 bits per heavy atom. The Morgan fingerprint density at radius 1 is 0.714 bits per heavy atom. The van der Waals surface area contributed by atoms with Gasteiger partial charge in [0.25, 0.3) is 11.4 Å². The number of hydrogen-bond acceptors (Lipinski definition) is 6. The molecule has 2 heterocycles. The van der Waals surface area contributed by atoms with Gasteiger partial charge in [0.1, 0.15) is 27.4 Å². The van der Waals surface area contributed by atoms with Gasteiger partial charge in [-0.1, -0.05) is 47.5 Å². The number of benzene rings is 4. The van der Waals surface area contributed by atoms with Gasteiger partial charge in [0.15, 0.2) is 11.6 Å². The number of fused-ring (bicyclic) bond motifs is 2. The van der Waals surface area contributed by atoms with Crippen molar-refractivity contribution in [2.45, 2.75) is 56.0 Å². The molecule has 0 amide bonds. The number of aryl methyl sites for hydroxylation is 1. The number of rotatable bonds is 6. The molecule has 0 saturated carbocycles. The summed E-state index contributed by atoms with van der Waals surface area (Å²) in [5, 5.41) is 22.5. The summed E-state index contributed by atoms with van der Waals surface area (Å²) in [7, 11) is 0. The van der Waals surface area contributed by atoms with E-state index in [4.69, 9.17) is 23.2 Å². The first-order valence-electron chi connectivity index (χ1n) is 15.8. The lowest BCUT2D eigenvalue weighted by Gasteiger charge is -2.41. The van der Waals surface area contributed by atoms with Crippen molar-refractivity contribution < 1.29 is 27.4 Å². The third kappa shape index (κ3) is 5.64. The van der Waals surface area contributed by atoms with Gasteiger partial charge in [-0.2, -0.15) is 0 Å². The highest BCUT2D eigenvalue weighted by molar-refractivity contribution is 6.33. The van der Waals surface area contributed by atoms with Gasteiger partial charge < -0.3 is 9.80 Å². The van der Waals surface area contributed by atoms with E-state index in [0.29, 0.717) is 25.9 Å². The van der Waals surface area contributed by atoms with E-state index in [9.17, 15) is 20.2 Å². The normalized spacial score (nSPS) is 19.8. The molecule has 2 fully saturated rings. The van der Waals surface area contributed by atoms with E-state index in [0.717, 1.165) is 49.2 Å². The van der Waals surface area contributed by atoms with Crippen LogP contribution in [0.5, 0.6) is 0 Å². The highest BCUT2D eigenvalue weighted by atomic mass is 35.5. The molecule has 2 saturated heterocycles. The van der Waals surface area contributed by atoms with E-state index in [1.807, 2.05) is 12.1 Å². The molecule has 254 valence electrons. The van der Waals surface area contributed by atoms with Gasteiger partial charge >= 0.3 is 0 Å². The van der Waals surface area contributed by atoms with Crippen LogP contribution < -0.4 is 9.80 Å². The van der Waals surface area contributed by atoms with Crippen LogP contribution in [0.25, 0.3) is 0 Å². The number of hydrogen-bond donors (Lipinski definition) is 0. The molecular weight excluding hydrogens is 687 g/mol. The number of nitro benzene ring substituents is 2. The number of nitrogens with zero attached hydrogens (tertiary/aromatic N) is 4. The van der Waals surface area contributed by atoms with Crippen LogP contribution in [0.4, 0.5) is 40.3 Å². The van der Waals surface area contributed by atoms with E-state index < -0.39 is 66.6 Å². The summed E-state index contributed by atoms with van der Waals surface area (Å²) in [5.41, 5.74) is 0.643. The summed E-state index contributed by atoms with van der Waals surface area (Å²) < 4.78 is 63.3. The lowest BCUT2D eigenvalue weighted by Crippen LogP contribution is -2.42. The molecule has 14 heteroatoms. The van der Waals surface area contributed by atoms with Gasteiger partial charge in [0.2, 0.25) is 0 Å². The number of halogens is 6. The van der Waals surface area contributed by atoms with Crippen molar-refractivity contribution in [1.29, 1.82) is 0 Å². The Balaban J connectivity index is 1.28. The first-order valence-corrected chi connectivity index (χ1v) is 16.5. The maximum Gasteiger partial charge on any atom is 0.288 e. The Labute approximate surface area is 288 Å². The monoisotopic (exact) mass is 714 g/mol. The molecule has 0 N–H and O–H groups in total. The molecule has 2 atom stereocenters. The Bertz CT molecular complexity index is 1920. The predicted molar refractivity (Wildman–Crippen MR) is 178 cm³/mol. The van der Waals surface area contributed by atoms with Crippen molar-refractivity contribution in [1.82, 2.24) is 0 Å². The van der Waals surface area contributed by atoms with E-state index in [1.54, 1.807) is 4.90 Å². The van der Waals surface area contributed by atoms with Crippen LogP contribution in [-0.2, 0) is 11.8 Å².